The Balaban J connectivity index is 1.74. The molecule has 1 aliphatic heterocycles. The van der Waals surface area contributed by atoms with Gasteiger partial charge >= 0.3 is 0 Å². The number of amides is 1. The molecule has 0 unspecified atom stereocenters. The molecule has 0 radical (unpaired) electrons. The number of hydrogen-bond donors (Lipinski definition) is 2. The van der Waals surface area contributed by atoms with Gasteiger partial charge in [-0.15, -0.1) is 0 Å². The van der Waals surface area contributed by atoms with Crippen LogP contribution < -0.4 is 11.1 Å². The number of carbonyl (C=O) groups is 1. The normalized spacial score (nSPS) is 16.4. The Hall–Kier alpha value is -0.590. The lowest BCUT2D eigenvalue weighted by Gasteiger charge is -2.36. The number of nitrogen functional groups attached to an aromatic ring is 1. The van der Waals surface area contributed by atoms with Crippen molar-refractivity contribution < 1.29 is 4.79 Å². The third-order valence-electron chi connectivity index (χ3n) is 3.58. The standard InChI is InChI=1S/C14H18Cl4N4O/c15-10-7-11(19)9-12(8-10)20-1-2-21-3-5-22(6-4-21)13(23)14(16,17)18/h7-9,20H,1-6,19H2. The molecule has 1 fully saturated rings. The van der Waals surface area contributed by atoms with E-state index < -0.39 is 9.70 Å². The Labute approximate surface area is 155 Å². The number of benzene rings is 1. The second kappa shape index (κ2) is 7.99. The maximum Gasteiger partial charge on any atom is 0.274 e. The van der Waals surface area contributed by atoms with Crippen LogP contribution in [0.5, 0.6) is 0 Å². The maximum absolute atomic E-state index is 11.9. The summed E-state index contributed by atoms with van der Waals surface area (Å²) in [5.41, 5.74) is 7.26. The molecule has 1 aromatic rings. The minimum atomic E-state index is -1.88. The van der Waals surface area contributed by atoms with Gasteiger partial charge in [-0.2, -0.15) is 0 Å². The third-order valence-corrected chi connectivity index (χ3v) is 4.28. The van der Waals surface area contributed by atoms with Crippen LogP contribution in [0.1, 0.15) is 0 Å². The number of anilines is 2. The molecule has 3 N–H and O–H groups in total. The number of nitrogens with zero attached hydrogens (tertiary/aromatic N) is 2. The van der Waals surface area contributed by atoms with E-state index in [1.54, 1.807) is 11.0 Å². The van der Waals surface area contributed by atoms with E-state index in [4.69, 9.17) is 52.1 Å². The van der Waals surface area contributed by atoms with E-state index in [0.717, 1.165) is 31.9 Å². The molecule has 1 saturated heterocycles. The van der Waals surface area contributed by atoms with Crippen LogP contribution in [-0.2, 0) is 4.79 Å². The second-order valence-electron chi connectivity index (χ2n) is 5.33. The molecule has 0 aromatic heterocycles. The summed E-state index contributed by atoms with van der Waals surface area (Å²) < 4.78 is -1.88. The highest BCUT2D eigenvalue weighted by molar-refractivity contribution is 6.76. The predicted molar refractivity (Wildman–Crippen MR) is 97.7 cm³/mol. The van der Waals surface area contributed by atoms with Crippen molar-refractivity contribution in [3.63, 3.8) is 0 Å². The maximum atomic E-state index is 11.9. The Morgan fingerprint density at radius 1 is 1.17 bits per heavy atom. The van der Waals surface area contributed by atoms with E-state index in [9.17, 15) is 4.79 Å². The quantitative estimate of drug-likeness (QED) is 0.603. The molecule has 1 aliphatic rings. The molecule has 0 saturated carbocycles. The summed E-state index contributed by atoms with van der Waals surface area (Å²) in [4.78, 5) is 15.7. The van der Waals surface area contributed by atoms with E-state index in [1.807, 2.05) is 12.1 Å². The van der Waals surface area contributed by atoms with Gasteiger partial charge in [-0.05, 0) is 18.2 Å². The second-order valence-corrected chi connectivity index (χ2v) is 8.05. The first-order valence-electron chi connectivity index (χ1n) is 7.14. The van der Waals surface area contributed by atoms with Gasteiger partial charge in [0.25, 0.3) is 9.70 Å². The number of piperazine rings is 1. The van der Waals surface area contributed by atoms with Crippen molar-refractivity contribution in [3.05, 3.63) is 23.2 Å². The van der Waals surface area contributed by atoms with Gasteiger partial charge in [0.1, 0.15) is 0 Å². The molecule has 23 heavy (non-hydrogen) atoms. The molecule has 1 heterocycles. The summed E-state index contributed by atoms with van der Waals surface area (Å²) in [5.74, 6) is -0.463. The van der Waals surface area contributed by atoms with Crippen LogP contribution in [-0.4, -0.2) is 58.8 Å². The van der Waals surface area contributed by atoms with E-state index in [1.165, 1.54) is 0 Å². The zero-order chi connectivity index (χ0) is 17.0. The number of nitrogens with one attached hydrogen (secondary N) is 1. The lowest BCUT2D eigenvalue weighted by atomic mass is 10.2. The van der Waals surface area contributed by atoms with Crippen LogP contribution in [0.3, 0.4) is 0 Å². The van der Waals surface area contributed by atoms with Gasteiger partial charge in [0.15, 0.2) is 0 Å². The molecule has 0 bridgehead atoms. The molecule has 0 aliphatic carbocycles. The zero-order valence-electron chi connectivity index (χ0n) is 12.4. The molecule has 5 nitrogen and oxygen atoms in total. The summed E-state index contributed by atoms with van der Waals surface area (Å²) >= 11 is 22.8. The number of halogens is 4. The minimum Gasteiger partial charge on any atom is -0.399 e. The molecule has 128 valence electrons. The van der Waals surface area contributed by atoms with E-state index >= 15 is 0 Å². The van der Waals surface area contributed by atoms with E-state index in [2.05, 4.69) is 10.2 Å². The van der Waals surface area contributed by atoms with Crippen molar-refractivity contribution in [1.29, 1.82) is 0 Å². The fourth-order valence-electron chi connectivity index (χ4n) is 2.43. The van der Waals surface area contributed by atoms with Gasteiger partial charge in [-0.1, -0.05) is 46.4 Å². The minimum absolute atomic E-state index is 0.463. The Morgan fingerprint density at radius 3 is 2.39 bits per heavy atom. The van der Waals surface area contributed by atoms with Gasteiger partial charge in [0.05, 0.1) is 0 Å². The summed E-state index contributed by atoms with van der Waals surface area (Å²) in [5, 5.41) is 3.88. The first kappa shape index (κ1) is 18.7. The van der Waals surface area contributed by atoms with Crippen LogP contribution in [0.25, 0.3) is 0 Å². The molecule has 2 rings (SSSR count). The van der Waals surface area contributed by atoms with Crippen LogP contribution in [0.2, 0.25) is 5.02 Å². The number of rotatable bonds is 4. The van der Waals surface area contributed by atoms with Crippen LogP contribution in [0.4, 0.5) is 11.4 Å². The lowest BCUT2D eigenvalue weighted by Crippen LogP contribution is -2.52. The Kier molecular flexibility index (Phi) is 6.51. The van der Waals surface area contributed by atoms with Crippen molar-refractivity contribution in [1.82, 2.24) is 9.80 Å². The van der Waals surface area contributed by atoms with Crippen LogP contribution in [0.15, 0.2) is 18.2 Å². The molecule has 1 aromatic carbocycles. The summed E-state index contributed by atoms with van der Waals surface area (Å²) in [6.45, 7) is 4.17. The fraction of sp³-hybridized carbons (Fsp3) is 0.500. The Morgan fingerprint density at radius 2 is 1.83 bits per heavy atom. The average Bonchev–Trinajstić information content (AvgIpc) is 2.45. The smallest absolute Gasteiger partial charge is 0.274 e. The SMILES string of the molecule is Nc1cc(Cl)cc(NCCN2CCN(C(=O)C(Cl)(Cl)Cl)CC2)c1. The van der Waals surface area contributed by atoms with Gasteiger partial charge in [-0.3, -0.25) is 9.69 Å². The van der Waals surface area contributed by atoms with Crippen molar-refractivity contribution >= 4 is 63.7 Å². The van der Waals surface area contributed by atoms with Gasteiger partial charge in [0.2, 0.25) is 0 Å². The van der Waals surface area contributed by atoms with E-state index in [0.29, 0.717) is 23.8 Å². The molecular formula is C14H18Cl4N4O. The predicted octanol–water partition coefficient (Wildman–Crippen LogP) is 2.85. The fourth-order valence-corrected chi connectivity index (χ4v) is 3.03. The Bertz CT molecular complexity index is 536. The summed E-state index contributed by atoms with van der Waals surface area (Å²) in [6.07, 6.45) is 0. The summed E-state index contributed by atoms with van der Waals surface area (Å²) in [6, 6.07) is 5.37. The average molecular weight is 400 g/mol. The van der Waals surface area contributed by atoms with Crippen LogP contribution >= 0.6 is 46.4 Å². The topological polar surface area (TPSA) is 61.6 Å². The highest BCUT2D eigenvalue weighted by Gasteiger charge is 2.36. The molecule has 0 spiro atoms. The van der Waals surface area contributed by atoms with Gasteiger partial charge in [0, 0.05) is 55.7 Å². The third kappa shape index (κ3) is 5.76. The largest absolute Gasteiger partial charge is 0.399 e. The lowest BCUT2D eigenvalue weighted by molar-refractivity contribution is -0.131. The number of nitrogens with two attached hydrogens (primary N) is 1. The van der Waals surface area contributed by atoms with Crippen molar-refractivity contribution in [2.24, 2.45) is 0 Å². The van der Waals surface area contributed by atoms with Gasteiger partial charge in [-0.25, -0.2) is 0 Å². The zero-order valence-corrected chi connectivity index (χ0v) is 15.4. The van der Waals surface area contributed by atoms with Crippen molar-refractivity contribution in [3.8, 4) is 0 Å². The van der Waals surface area contributed by atoms with Crippen LogP contribution in [0, 0.1) is 0 Å². The molecule has 0 atom stereocenters. The summed E-state index contributed by atoms with van der Waals surface area (Å²) in [7, 11) is 0. The first-order chi connectivity index (χ1) is 10.8. The van der Waals surface area contributed by atoms with Crippen molar-refractivity contribution in [2.75, 3.05) is 50.3 Å². The highest BCUT2D eigenvalue weighted by Crippen LogP contribution is 2.28. The number of alkyl halides is 3. The monoisotopic (exact) mass is 398 g/mol. The number of carbonyl (C=O) groups excluding carboxylic acids is 1. The first-order valence-corrected chi connectivity index (χ1v) is 8.65. The highest BCUT2D eigenvalue weighted by atomic mass is 35.6. The van der Waals surface area contributed by atoms with E-state index in [-0.39, 0.29) is 0 Å². The molecular weight excluding hydrogens is 382 g/mol. The van der Waals surface area contributed by atoms with Gasteiger partial charge < -0.3 is 16.0 Å². The molecule has 9 heteroatoms. The molecule has 1 amide bonds. The van der Waals surface area contributed by atoms with Crippen molar-refractivity contribution in [2.45, 2.75) is 3.79 Å². The number of hydrogen-bond acceptors (Lipinski definition) is 4.